The van der Waals surface area contributed by atoms with Gasteiger partial charge >= 0.3 is 0 Å². The Balaban J connectivity index is 1.07. The monoisotopic (exact) mass is 646 g/mol. The molecule has 0 radical (unpaired) electrons. The second-order valence-electron chi connectivity index (χ2n) is 12.3. The Bertz CT molecular complexity index is 2450. The molecule has 9 rings (SSSR count). The van der Waals surface area contributed by atoms with E-state index >= 15 is 0 Å². The van der Waals surface area contributed by atoms with E-state index in [9.17, 15) is 0 Å². The molecule has 1 aliphatic rings. The largest absolute Gasteiger partial charge is 0.439 e. The van der Waals surface area contributed by atoms with Gasteiger partial charge in [0.05, 0.1) is 11.9 Å². The fraction of sp³-hybridized carbons (Fsp3) is 0.0465. The van der Waals surface area contributed by atoms with Crippen LogP contribution in [0.3, 0.4) is 0 Å². The fourth-order valence-corrected chi connectivity index (χ4v) is 6.39. The van der Waals surface area contributed by atoms with Crippen molar-refractivity contribution < 1.29 is 4.42 Å². The summed E-state index contributed by atoms with van der Waals surface area (Å²) in [6, 6.07) is 49.3. The molecule has 5 aromatic carbocycles. The van der Waals surface area contributed by atoms with Gasteiger partial charge < -0.3 is 9.32 Å². The van der Waals surface area contributed by atoms with Crippen LogP contribution in [0.25, 0.3) is 67.5 Å². The van der Waals surface area contributed by atoms with Gasteiger partial charge in [0.2, 0.25) is 5.71 Å². The molecule has 7 nitrogen and oxygen atoms in total. The summed E-state index contributed by atoms with van der Waals surface area (Å²) in [4.78, 5) is 26.6. The highest BCUT2D eigenvalue weighted by Gasteiger charge is 2.25. The molecular formula is C43H30N6O. The van der Waals surface area contributed by atoms with Crippen molar-refractivity contribution in [1.82, 2.24) is 24.8 Å². The van der Waals surface area contributed by atoms with Crippen molar-refractivity contribution in [2.45, 2.75) is 6.54 Å². The standard InChI is InChI=1S/C43H30N6O/c1-49-27-37-38(36-25-35(26-44-43(36)50-37)34-19-11-18-33(24-34)28-12-5-2-6-13-28)45-42(49)32-22-20-31(21-23-32)41-47-39(29-14-7-3-8-15-29)46-40(48-41)30-16-9-4-10-17-30/h2-26H,27H2,1H3. The molecule has 0 N–H and O–H groups in total. The third-order valence-corrected chi connectivity index (χ3v) is 8.95. The summed E-state index contributed by atoms with van der Waals surface area (Å²) in [5.74, 6) is 3.54. The fourth-order valence-electron chi connectivity index (χ4n) is 6.39. The molecule has 50 heavy (non-hydrogen) atoms. The van der Waals surface area contributed by atoms with Gasteiger partial charge in [0.1, 0.15) is 11.5 Å². The Hall–Kier alpha value is -6.73. The molecule has 0 spiro atoms. The van der Waals surface area contributed by atoms with Gasteiger partial charge in [0.25, 0.3) is 0 Å². The van der Waals surface area contributed by atoms with Crippen LogP contribution in [0.15, 0.2) is 161 Å². The van der Waals surface area contributed by atoms with Crippen molar-refractivity contribution in [1.29, 1.82) is 0 Å². The minimum absolute atomic E-state index is 0.583. The minimum atomic E-state index is 0.583. The maximum Gasteiger partial charge on any atom is 0.228 e. The number of amidine groups is 1. The molecule has 0 unspecified atom stereocenters. The number of nitrogens with zero attached hydrogens (tertiary/aromatic N) is 6. The second kappa shape index (κ2) is 12.4. The third-order valence-electron chi connectivity index (χ3n) is 8.95. The average Bonchev–Trinajstić information content (AvgIpc) is 3.55. The lowest BCUT2D eigenvalue weighted by Gasteiger charge is -2.24. The SMILES string of the molecule is CN1Cc2oc3ncc(-c4cccc(-c5ccccc5)c4)cc3c2N=C1c1ccc(-c2nc(-c3ccccc3)nc(-c3ccccc3)n2)cc1. The van der Waals surface area contributed by atoms with E-state index in [1.807, 2.05) is 92.1 Å². The predicted molar refractivity (Wildman–Crippen MR) is 199 cm³/mol. The van der Waals surface area contributed by atoms with Gasteiger partial charge in [-0.25, -0.2) is 24.9 Å². The molecule has 0 amide bonds. The first kappa shape index (κ1) is 29.4. The van der Waals surface area contributed by atoms with Gasteiger partial charge in [0, 0.05) is 41.1 Å². The topological polar surface area (TPSA) is 80.3 Å². The maximum atomic E-state index is 6.22. The maximum absolute atomic E-state index is 6.22. The van der Waals surface area contributed by atoms with Crippen molar-refractivity contribution in [3.63, 3.8) is 0 Å². The van der Waals surface area contributed by atoms with Crippen molar-refractivity contribution >= 4 is 22.6 Å². The molecule has 0 saturated carbocycles. The molecule has 8 aromatic rings. The number of hydrogen-bond acceptors (Lipinski definition) is 7. The lowest BCUT2D eigenvalue weighted by molar-refractivity contribution is 0.416. The summed E-state index contributed by atoms with van der Waals surface area (Å²) >= 11 is 0. The van der Waals surface area contributed by atoms with E-state index in [0.717, 1.165) is 61.6 Å². The molecule has 1 aliphatic heterocycles. The zero-order chi connectivity index (χ0) is 33.4. The molecule has 7 heteroatoms. The highest BCUT2D eigenvalue weighted by atomic mass is 16.3. The lowest BCUT2D eigenvalue weighted by atomic mass is 9.99. The Morgan fingerprint density at radius 1 is 0.500 bits per heavy atom. The molecule has 0 atom stereocenters. The van der Waals surface area contributed by atoms with E-state index in [2.05, 4.69) is 71.6 Å². The van der Waals surface area contributed by atoms with E-state index < -0.39 is 0 Å². The van der Waals surface area contributed by atoms with Crippen LogP contribution in [0.4, 0.5) is 5.69 Å². The summed E-state index contributed by atoms with van der Waals surface area (Å²) in [7, 11) is 2.03. The van der Waals surface area contributed by atoms with Gasteiger partial charge in [-0.2, -0.15) is 0 Å². The van der Waals surface area contributed by atoms with E-state index in [1.165, 1.54) is 5.56 Å². The number of rotatable bonds is 6. The number of aromatic nitrogens is 4. The number of pyridine rings is 1. The van der Waals surface area contributed by atoms with Crippen molar-refractivity contribution in [2.24, 2.45) is 4.99 Å². The zero-order valence-electron chi connectivity index (χ0n) is 27.2. The zero-order valence-corrected chi connectivity index (χ0v) is 27.2. The summed E-state index contributed by atoms with van der Waals surface area (Å²) in [5.41, 5.74) is 9.60. The lowest BCUT2D eigenvalue weighted by Crippen LogP contribution is -2.29. The van der Waals surface area contributed by atoms with Crippen LogP contribution in [0, 0.1) is 0 Å². The summed E-state index contributed by atoms with van der Waals surface area (Å²) in [6.07, 6.45) is 1.88. The van der Waals surface area contributed by atoms with Crippen LogP contribution < -0.4 is 0 Å². The second-order valence-corrected chi connectivity index (χ2v) is 12.3. The molecule has 0 saturated heterocycles. The molecular weight excluding hydrogens is 617 g/mol. The smallest absolute Gasteiger partial charge is 0.228 e. The van der Waals surface area contributed by atoms with Crippen molar-refractivity contribution in [2.75, 3.05) is 7.05 Å². The van der Waals surface area contributed by atoms with Crippen molar-refractivity contribution in [3.8, 4) is 56.4 Å². The van der Waals surface area contributed by atoms with Crippen LogP contribution in [0.2, 0.25) is 0 Å². The molecule has 238 valence electrons. The van der Waals surface area contributed by atoms with Gasteiger partial charge in [-0.05, 0) is 28.8 Å². The number of aliphatic imine (C=N–C) groups is 1. The minimum Gasteiger partial charge on any atom is -0.439 e. The number of benzene rings is 5. The predicted octanol–water partition coefficient (Wildman–Crippen LogP) is 9.87. The summed E-state index contributed by atoms with van der Waals surface area (Å²) in [6.45, 7) is 0.583. The Kier molecular flexibility index (Phi) is 7.28. The van der Waals surface area contributed by atoms with E-state index in [4.69, 9.17) is 29.3 Å². The van der Waals surface area contributed by atoms with Gasteiger partial charge in [-0.15, -0.1) is 0 Å². The average molecular weight is 647 g/mol. The first-order valence-electron chi connectivity index (χ1n) is 16.5. The molecule has 0 fully saturated rings. The van der Waals surface area contributed by atoms with E-state index in [-0.39, 0.29) is 0 Å². The first-order chi connectivity index (χ1) is 24.7. The number of furan rings is 1. The van der Waals surface area contributed by atoms with Crippen LogP contribution >= 0.6 is 0 Å². The van der Waals surface area contributed by atoms with Crippen LogP contribution in [0.1, 0.15) is 11.3 Å². The van der Waals surface area contributed by atoms with Crippen LogP contribution in [-0.4, -0.2) is 37.7 Å². The summed E-state index contributed by atoms with van der Waals surface area (Å²) in [5, 5.41) is 0.900. The quantitative estimate of drug-likeness (QED) is 0.179. The van der Waals surface area contributed by atoms with Gasteiger partial charge in [0.15, 0.2) is 23.2 Å². The normalized spacial score (nSPS) is 12.5. The van der Waals surface area contributed by atoms with E-state index in [0.29, 0.717) is 29.7 Å². The van der Waals surface area contributed by atoms with Gasteiger partial charge in [-0.1, -0.05) is 133 Å². The Morgan fingerprint density at radius 3 is 1.60 bits per heavy atom. The van der Waals surface area contributed by atoms with Crippen molar-refractivity contribution in [3.05, 3.63) is 163 Å². The Labute approximate surface area is 289 Å². The molecule has 4 heterocycles. The molecule has 0 aliphatic carbocycles. The highest BCUT2D eigenvalue weighted by molar-refractivity contribution is 6.05. The van der Waals surface area contributed by atoms with Crippen LogP contribution in [0.5, 0.6) is 0 Å². The van der Waals surface area contributed by atoms with E-state index in [1.54, 1.807) is 0 Å². The molecule has 3 aromatic heterocycles. The van der Waals surface area contributed by atoms with Gasteiger partial charge in [-0.3, -0.25) is 0 Å². The highest BCUT2D eigenvalue weighted by Crippen LogP contribution is 2.39. The third kappa shape index (κ3) is 5.50. The first-order valence-corrected chi connectivity index (χ1v) is 16.5. The number of fused-ring (bicyclic) bond motifs is 3. The summed E-state index contributed by atoms with van der Waals surface area (Å²) < 4.78 is 6.22. The number of hydrogen-bond donors (Lipinski definition) is 0. The molecule has 0 bridgehead atoms. The Morgan fingerprint density at radius 2 is 1.00 bits per heavy atom. The van der Waals surface area contributed by atoms with Crippen LogP contribution in [-0.2, 0) is 6.54 Å².